The highest BCUT2D eigenvalue weighted by atomic mass is 16.6. The van der Waals surface area contributed by atoms with Crippen molar-refractivity contribution in [1.82, 2.24) is 10.4 Å². The SMILES string of the molecule is CC(=O)N(NC(=O)OC(C)(C)C)[C@H]1c2cc(C#N)ccc2OC(C)(C)[C@@H]1O. The van der Waals surface area contributed by atoms with Crippen LogP contribution in [0.5, 0.6) is 5.75 Å². The van der Waals surface area contributed by atoms with Gasteiger partial charge in [-0.2, -0.15) is 5.26 Å². The summed E-state index contributed by atoms with van der Waals surface area (Å²) in [7, 11) is 0. The minimum Gasteiger partial charge on any atom is -0.485 e. The molecule has 0 unspecified atom stereocenters. The lowest BCUT2D eigenvalue weighted by Crippen LogP contribution is -2.59. The fourth-order valence-electron chi connectivity index (χ4n) is 2.86. The smallest absolute Gasteiger partial charge is 0.426 e. The average molecular weight is 375 g/mol. The first-order valence-corrected chi connectivity index (χ1v) is 8.56. The van der Waals surface area contributed by atoms with Crippen LogP contribution in [-0.4, -0.2) is 39.4 Å². The maximum Gasteiger partial charge on any atom is 0.426 e. The Balaban J connectivity index is 2.49. The molecule has 146 valence electrons. The summed E-state index contributed by atoms with van der Waals surface area (Å²) < 4.78 is 11.1. The molecular formula is C19H25N3O5. The maximum atomic E-state index is 12.3. The van der Waals surface area contributed by atoms with E-state index >= 15 is 0 Å². The molecule has 2 N–H and O–H groups in total. The van der Waals surface area contributed by atoms with Gasteiger partial charge in [0.05, 0.1) is 11.6 Å². The molecule has 0 aliphatic carbocycles. The molecule has 8 nitrogen and oxygen atoms in total. The summed E-state index contributed by atoms with van der Waals surface area (Å²) in [4.78, 5) is 24.5. The Hall–Kier alpha value is -2.79. The molecule has 0 aromatic heterocycles. The molecule has 2 amide bonds. The predicted molar refractivity (Wildman–Crippen MR) is 96.5 cm³/mol. The van der Waals surface area contributed by atoms with Crippen LogP contribution in [0.25, 0.3) is 0 Å². The Morgan fingerprint density at radius 3 is 2.52 bits per heavy atom. The molecule has 2 rings (SSSR count). The van der Waals surface area contributed by atoms with E-state index in [4.69, 9.17) is 9.47 Å². The lowest BCUT2D eigenvalue weighted by atomic mass is 9.85. The second-order valence-corrected chi connectivity index (χ2v) is 7.96. The number of aliphatic hydroxyl groups is 1. The molecular weight excluding hydrogens is 350 g/mol. The first kappa shape index (κ1) is 20.5. The van der Waals surface area contributed by atoms with Crippen LogP contribution in [0.4, 0.5) is 4.79 Å². The molecule has 1 aliphatic heterocycles. The van der Waals surface area contributed by atoms with Crippen LogP contribution < -0.4 is 10.2 Å². The standard InChI is InChI=1S/C19H25N3O5/c1-11(23)22(21-17(25)27-18(2,3)4)15-13-9-12(10-20)7-8-14(13)26-19(5,6)16(15)24/h7-9,15-16,24H,1-6H3,(H,21,25)/t15-,16+/m0/s1. The fraction of sp³-hybridized carbons (Fsp3) is 0.526. The molecule has 1 heterocycles. The number of nitrogens with one attached hydrogen (secondary N) is 1. The lowest BCUT2D eigenvalue weighted by molar-refractivity contribution is -0.148. The molecule has 0 saturated carbocycles. The van der Waals surface area contributed by atoms with Crippen LogP contribution in [0.1, 0.15) is 58.7 Å². The lowest BCUT2D eigenvalue weighted by Gasteiger charge is -2.45. The van der Waals surface area contributed by atoms with Crippen LogP contribution in [0.3, 0.4) is 0 Å². The van der Waals surface area contributed by atoms with E-state index < -0.39 is 35.3 Å². The number of ether oxygens (including phenoxy) is 2. The van der Waals surface area contributed by atoms with Crippen molar-refractivity contribution in [3.05, 3.63) is 29.3 Å². The van der Waals surface area contributed by atoms with Gasteiger partial charge in [-0.1, -0.05) is 0 Å². The van der Waals surface area contributed by atoms with Crippen LogP contribution in [0.15, 0.2) is 18.2 Å². The van der Waals surface area contributed by atoms with Crippen molar-refractivity contribution < 1.29 is 24.2 Å². The predicted octanol–water partition coefficient (Wildman–Crippen LogP) is 2.42. The van der Waals surface area contributed by atoms with Gasteiger partial charge in [0.25, 0.3) is 0 Å². The number of benzene rings is 1. The van der Waals surface area contributed by atoms with E-state index in [9.17, 15) is 20.0 Å². The van der Waals surface area contributed by atoms with Crippen LogP contribution >= 0.6 is 0 Å². The van der Waals surface area contributed by atoms with Crippen LogP contribution in [0, 0.1) is 11.3 Å². The number of hydrogen-bond acceptors (Lipinski definition) is 6. The monoisotopic (exact) mass is 375 g/mol. The Bertz CT molecular complexity index is 792. The van der Waals surface area contributed by atoms with Crippen molar-refractivity contribution in [3.8, 4) is 11.8 Å². The van der Waals surface area contributed by atoms with Crippen molar-refractivity contribution >= 4 is 12.0 Å². The Morgan fingerprint density at radius 2 is 2.00 bits per heavy atom. The molecule has 1 aromatic rings. The number of amides is 2. The number of hydrazine groups is 1. The zero-order valence-electron chi connectivity index (χ0n) is 16.4. The summed E-state index contributed by atoms with van der Waals surface area (Å²) in [5.41, 5.74) is 1.39. The second kappa shape index (κ2) is 7.08. The van der Waals surface area contributed by atoms with Crippen LogP contribution in [-0.2, 0) is 9.53 Å². The first-order chi connectivity index (χ1) is 12.4. The van der Waals surface area contributed by atoms with E-state index in [1.165, 1.54) is 13.0 Å². The summed E-state index contributed by atoms with van der Waals surface area (Å²) in [6.07, 6.45) is -2.00. The van der Waals surface area contributed by atoms with E-state index in [2.05, 4.69) is 5.43 Å². The highest BCUT2D eigenvalue weighted by Gasteiger charge is 2.47. The Kier molecular flexibility index (Phi) is 5.38. The van der Waals surface area contributed by atoms with E-state index in [0.717, 1.165) is 5.01 Å². The van der Waals surface area contributed by atoms with E-state index in [1.54, 1.807) is 46.8 Å². The van der Waals surface area contributed by atoms with Gasteiger partial charge in [0.15, 0.2) is 0 Å². The number of aliphatic hydroxyl groups excluding tert-OH is 1. The molecule has 1 aliphatic rings. The summed E-state index contributed by atoms with van der Waals surface area (Å²) in [6.45, 7) is 9.72. The van der Waals surface area contributed by atoms with Gasteiger partial charge in [0.2, 0.25) is 5.91 Å². The van der Waals surface area contributed by atoms with Gasteiger partial charge in [-0.25, -0.2) is 15.2 Å². The Morgan fingerprint density at radius 1 is 1.37 bits per heavy atom. The summed E-state index contributed by atoms with van der Waals surface area (Å²) >= 11 is 0. The zero-order chi connectivity index (χ0) is 20.6. The molecule has 2 atom stereocenters. The number of hydrogen-bond donors (Lipinski definition) is 2. The first-order valence-electron chi connectivity index (χ1n) is 8.56. The van der Waals surface area contributed by atoms with Crippen molar-refractivity contribution in [3.63, 3.8) is 0 Å². The molecule has 0 spiro atoms. The number of nitriles is 1. The minimum absolute atomic E-state index is 0.343. The number of carbonyl (C=O) groups excluding carboxylic acids is 2. The number of fused-ring (bicyclic) bond motifs is 1. The molecule has 0 bridgehead atoms. The van der Waals surface area contributed by atoms with Gasteiger partial charge < -0.3 is 14.6 Å². The zero-order valence-corrected chi connectivity index (χ0v) is 16.4. The van der Waals surface area contributed by atoms with Crippen molar-refractivity contribution in [2.75, 3.05) is 0 Å². The van der Waals surface area contributed by atoms with Gasteiger partial charge >= 0.3 is 6.09 Å². The summed E-state index contributed by atoms with van der Waals surface area (Å²) in [5, 5.41) is 21.1. The minimum atomic E-state index is -1.17. The van der Waals surface area contributed by atoms with Crippen molar-refractivity contribution in [2.24, 2.45) is 0 Å². The topological polar surface area (TPSA) is 112 Å². The number of carbonyl (C=O) groups is 2. The molecule has 1 aromatic carbocycles. The number of nitrogens with zero attached hydrogens (tertiary/aromatic N) is 2. The van der Waals surface area contributed by atoms with Gasteiger partial charge in [-0.05, 0) is 52.8 Å². The fourth-order valence-corrected chi connectivity index (χ4v) is 2.86. The summed E-state index contributed by atoms with van der Waals surface area (Å²) in [6, 6.07) is 5.79. The maximum absolute atomic E-state index is 12.3. The van der Waals surface area contributed by atoms with Crippen LogP contribution in [0.2, 0.25) is 0 Å². The van der Waals surface area contributed by atoms with Crippen molar-refractivity contribution in [1.29, 1.82) is 5.26 Å². The van der Waals surface area contributed by atoms with Crippen molar-refractivity contribution in [2.45, 2.75) is 64.9 Å². The van der Waals surface area contributed by atoms with Gasteiger partial charge in [-0.3, -0.25) is 4.79 Å². The quantitative estimate of drug-likeness (QED) is 0.729. The highest BCUT2D eigenvalue weighted by Crippen LogP contribution is 2.42. The van der Waals surface area contributed by atoms with E-state index in [1.807, 2.05) is 6.07 Å². The largest absolute Gasteiger partial charge is 0.485 e. The second-order valence-electron chi connectivity index (χ2n) is 7.96. The third-order valence-corrected chi connectivity index (χ3v) is 4.07. The molecule has 8 heteroatoms. The molecule has 0 radical (unpaired) electrons. The normalized spacial score (nSPS) is 20.5. The van der Waals surface area contributed by atoms with Gasteiger partial charge in [0.1, 0.15) is 29.1 Å². The third-order valence-electron chi connectivity index (χ3n) is 4.07. The van der Waals surface area contributed by atoms with Gasteiger partial charge in [-0.15, -0.1) is 0 Å². The van der Waals surface area contributed by atoms with E-state index in [-0.39, 0.29) is 0 Å². The van der Waals surface area contributed by atoms with E-state index in [0.29, 0.717) is 16.9 Å². The Labute approximate surface area is 158 Å². The molecule has 27 heavy (non-hydrogen) atoms. The third kappa shape index (κ3) is 4.49. The average Bonchev–Trinajstić information content (AvgIpc) is 2.52. The molecule has 0 saturated heterocycles. The van der Waals surface area contributed by atoms with Gasteiger partial charge in [0, 0.05) is 12.5 Å². The highest BCUT2D eigenvalue weighted by molar-refractivity contribution is 5.78. The molecule has 0 fully saturated rings. The number of rotatable bonds is 1. The summed E-state index contributed by atoms with van der Waals surface area (Å²) in [5.74, 6) is -0.0811.